The average molecular weight is 369 g/mol. The maximum absolute atomic E-state index is 4.56. The Morgan fingerprint density at radius 1 is 0.923 bits per heavy atom. The highest BCUT2D eigenvalue weighted by Crippen LogP contribution is 2.56. The van der Waals surface area contributed by atoms with Crippen molar-refractivity contribution in [2.45, 2.75) is 81.6 Å². The van der Waals surface area contributed by atoms with E-state index in [1.807, 2.05) is 12.3 Å². The second-order valence-electron chi connectivity index (χ2n) is 8.21. The summed E-state index contributed by atoms with van der Waals surface area (Å²) in [5.74, 6) is 0. The van der Waals surface area contributed by atoms with Crippen LogP contribution in [0.15, 0.2) is 48.3 Å². The van der Waals surface area contributed by atoms with Gasteiger partial charge in [0.15, 0.2) is 0 Å². The van der Waals surface area contributed by atoms with E-state index in [9.17, 15) is 0 Å². The molecule has 140 valence electrons. The van der Waals surface area contributed by atoms with Gasteiger partial charge in [0.1, 0.15) is 0 Å². The van der Waals surface area contributed by atoms with Gasteiger partial charge < -0.3 is 5.32 Å². The Morgan fingerprint density at radius 3 is 2.23 bits per heavy atom. The summed E-state index contributed by atoms with van der Waals surface area (Å²) in [7, 11) is 0.107. The first-order valence-corrected chi connectivity index (χ1v) is 12.4. The van der Waals surface area contributed by atoms with Crippen molar-refractivity contribution >= 4 is 7.92 Å². The van der Waals surface area contributed by atoms with Gasteiger partial charge in [-0.25, -0.2) is 0 Å². The van der Waals surface area contributed by atoms with Crippen molar-refractivity contribution in [1.29, 1.82) is 0 Å². The van der Waals surface area contributed by atoms with Gasteiger partial charge in [-0.05, 0) is 55.2 Å². The maximum Gasteiger partial charge on any atom is 0.0870 e. The van der Waals surface area contributed by atoms with Crippen LogP contribution >= 0.6 is 7.92 Å². The summed E-state index contributed by atoms with van der Waals surface area (Å²) in [5.41, 5.74) is 4.63. The molecule has 0 amide bonds. The molecular formula is C23H33N2P. The Hall–Kier alpha value is -1.14. The van der Waals surface area contributed by atoms with Gasteiger partial charge in [-0.15, -0.1) is 0 Å². The standard InChI is InChI=1S/C23H33N2P/c1-3-11-20(12-4-1)26(21-13-5-2-6-14-21)18-19-10-9-16-23(25-19)22-15-7-8-17-24-22/h7-10,15-17,20-21,23,25H,1-6,11-14,18H2. The van der Waals surface area contributed by atoms with Crippen LogP contribution in [0, 0.1) is 0 Å². The molecule has 2 heterocycles. The van der Waals surface area contributed by atoms with Gasteiger partial charge in [0.25, 0.3) is 0 Å². The van der Waals surface area contributed by atoms with Crippen LogP contribution in [0.25, 0.3) is 0 Å². The summed E-state index contributed by atoms with van der Waals surface area (Å²) in [4.78, 5) is 4.56. The van der Waals surface area contributed by atoms with Crippen LogP contribution in [-0.2, 0) is 0 Å². The molecule has 1 aromatic rings. The number of rotatable bonds is 5. The number of aromatic nitrogens is 1. The Labute approximate surface area is 160 Å². The molecule has 1 atom stereocenters. The van der Waals surface area contributed by atoms with Crippen molar-refractivity contribution in [2.24, 2.45) is 0 Å². The predicted molar refractivity (Wildman–Crippen MR) is 113 cm³/mol. The number of nitrogens with one attached hydrogen (secondary N) is 1. The lowest BCUT2D eigenvalue weighted by Crippen LogP contribution is -2.28. The molecule has 0 radical (unpaired) electrons. The number of pyridine rings is 1. The van der Waals surface area contributed by atoms with Crippen molar-refractivity contribution in [2.75, 3.05) is 6.16 Å². The van der Waals surface area contributed by atoms with E-state index in [1.54, 1.807) is 0 Å². The minimum Gasteiger partial charge on any atom is -0.376 e. The van der Waals surface area contributed by atoms with Gasteiger partial charge in [-0.3, -0.25) is 4.98 Å². The van der Waals surface area contributed by atoms with Crippen LogP contribution in [-0.4, -0.2) is 22.5 Å². The average Bonchev–Trinajstić information content (AvgIpc) is 2.74. The van der Waals surface area contributed by atoms with Gasteiger partial charge in [0.2, 0.25) is 0 Å². The fourth-order valence-electron chi connectivity index (χ4n) is 4.99. The van der Waals surface area contributed by atoms with Crippen LogP contribution in [0.3, 0.4) is 0 Å². The molecule has 0 bridgehead atoms. The molecule has 3 aliphatic rings. The number of hydrogen-bond acceptors (Lipinski definition) is 2. The Bertz CT molecular complexity index is 594. The monoisotopic (exact) mass is 368 g/mol. The molecule has 0 spiro atoms. The van der Waals surface area contributed by atoms with Crippen LogP contribution in [0.5, 0.6) is 0 Å². The zero-order valence-corrected chi connectivity index (χ0v) is 16.8. The SMILES string of the molecule is C1=CC(c2ccccn2)NC(CP(C2CCCCC2)C2CCCCC2)=C1. The molecule has 2 nitrogen and oxygen atoms in total. The Balaban J connectivity index is 1.46. The molecule has 26 heavy (non-hydrogen) atoms. The van der Waals surface area contributed by atoms with E-state index in [4.69, 9.17) is 0 Å². The van der Waals surface area contributed by atoms with Gasteiger partial charge in [-0.1, -0.05) is 64.7 Å². The predicted octanol–water partition coefficient (Wildman–Crippen LogP) is 6.31. The second kappa shape index (κ2) is 9.18. The number of nitrogens with zero attached hydrogens (tertiary/aromatic N) is 1. The smallest absolute Gasteiger partial charge is 0.0870 e. The second-order valence-corrected chi connectivity index (χ2v) is 11.0. The van der Waals surface area contributed by atoms with Crippen LogP contribution < -0.4 is 5.32 Å². The summed E-state index contributed by atoms with van der Waals surface area (Å²) >= 11 is 0. The number of dihydropyridines is 1. The summed E-state index contributed by atoms with van der Waals surface area (Å²) in [6, 6.07) is 6.46. The molecule has 2 aliphatic carbocycles. The van der Waals surface area contributed by atoms with Crippen molar-refractivity contribution < 1.29 is 0 Å². The third kappa shape index (κ3) is 4.58. The van der Waals surface area contributed by atoms with Crippen molar-refractivity contribution in [1.82, 2.24) is 10.3 Å². The van der Waals surface area contributed by atoms with E-state index in [0.29, 0.717) is 0 Å². The summed E-state index contributed by atoms with van der Waals surface area (Å²) in [5, 5.41) is 3.81. The van der Waals surface area contributed by atoms with Gasteiger partial charge in [0, 0.05) is 18.1 Å². The molecule has 0 aromatic carbocycles. The van der Waals surface area contributed by atoms with E-state index < -0.39 is 0 Å². The first-order valence-electron chi connectivity index (χ1n) is 10.7. The van der Waals surface area contributed by atoms with Crippen LogP contribution in [0.1, 0.15) is 75.9 Å². The normalized spacial score (nSPS) is 25.1. The molecule has 0 saturated heterocycles. The Kier molecular flexibility index (Phi) is 6.44. The molecular weight excluding hydrogens is 335 g/mol. The van der Waals surface area contributed by atoms with E-state index in [2.05, 4.69) is 40.7 Å². The zero-order chi connectivity index (χ0) is 17.6. The summed E-state index contributed by atoms with van der Waals surface area (Å²) in [6.45, 7) is 0. The van der Waals surface area contributed by atoms with Crippen LogP contribution in [0.2, 0.25) is 0 Å². The van der Waals surface area contributed by atoms with Crippen molar-refractivity contribution in [3.05, 3.63) is 54.0 Å². The first-order chi connectivity index (χ1) is 12.9. The van der Waals surface area contributed by atoms with Crippen LogP contribution in [0.4, 0.5) is 0 Å². The minimum atomic E-state index is 0.107. The molecule has 1 unspecified atom stereocenters. The molecule has 4 rings (SSSR count). The maximum atomic E-state index is 4.56. The van der Waals surface area contributed by atoms with E-state index >= 15 is 0 Å². The molecule has 2 saturated carbocycles. The molecule has 3 heteroatoms. The zero-order valence-electron chi connectivity index (χ0n) is 15.9. The Morgan fingerprint density at radius 2 is 1.62 bits per heavy atom. The lowest BCUT2D eigenvalue weighted by Gasteiger charge is -2.39. The quantitative estimate of drug-likeness (QED) is 0.616. The minimum absolute atomic E-state index is 0.107. The molecule has 1 N–H and O–H groups in total. The number of allylic oxidation sites excluding steroid dienone is 3. The lowest BCUT2D eigenvalue weighted by molar-refractivity contribution is 0.484. The van der Waals surface area contributed by atoms with E-state index in [-0.39, 0.29) is 14.0 Å². The molecule has 1 aliphatic heterocycles. The fourth-order valence-corrected chi connectivity index (χ4v) is 8.75. The van der Waals surface area contributed by atoms with Crippen molar-refractivity contribution in [3.63, 3.8) is 0 Å². The lowest BCUT2D eigenvalue weighted by atomic mass is 9.99. The highest BCUT2D eigenvalue weighted by molar-refractivity contribution is 7.59. The van der Waals surface area contributed by atoms with E-state index in [0.717, 1.165) is 17.0 Å². The van der Waals surface area contributed by atoms with E-state index in [1.165, 1.54) is 76.1 Å². The van der Waals surface area contributed by atoms with Gasteiger partial charge in [-0.2, -0.15) is 0 Å². The van der Waals surface area contributed by atoms with Crippen molar-refractivity contribution in [3.8, 4) is 0 Å². The largest absolute Gasteiger partial charge is 0.376 e. The van der Waals surface area contributed by atoms with Gasteiger partial charge >= 0.3 is 0 Å². The third-order valence-corrected chi connectivity index (χ3v) is 10.0. The highest BCUT2D eigenvalue weighted by Gasteiger charge is 2.32. The molecule has 1 aromatic heterocycles. The fraction of sp³-hybridized carbons (Fsp3) is 0.609. The summed E-state index contributed by atoms with van der Waals surface area (Å²) in [6.07, 6.45) is 24.8. The summed E-state index contributed by atoms with van der Waals surface area (Å²) < 4.78 is 0. The highest BCUT2D eigenvalue weighted by atomic mass is 31.1. The first kappa shape index (κ1) is 18.2. The topological polar surface area (TPSA) is 24.9 Å². The van der Waals surface area contributed by atoms with Gasteiger partial charge in [0.05, 0.1) is 11.7 Å². The third-order valence-electron chi connectivity index (χ3n) is 6.39. The number of hydrogen-bond donors (Lipinski definition) is 1. The molecule has 2 fully saturated rings.